The molecule has 0 radical (unpaired) electrons. The van der Waals surface area contributed by atoms with E-state index in [-0.39, 0.29) is 19.1 Å². The van der Waals surface area contributed by atoms with E-state index in [0.29, 0.717) is 30.0 Å². The van der Waals surface area contributed by atoms with Gasteiger partial charge in [0.25, 0.3) is 5.91 Å². The van der Waals surface area contributed by atoms with Crippen LogP contribution in [0.5, 0.6) is 0 Å². The summed E-state index contributed by atoms with van der Waals surface area (Å²) in [5.41, 5.74) is 1.12. The molecule has 6 nitrogen and oxygen atoms in total. The fourth-order valence-corrected chi connectivity index (χ4v) is 3.82. The highest BCUT2D eigenvalue weighted by Gasteiger charge is 2.28. The second-order valence-electron chi connectivity index (χ2n) is 7.18. The highest BCUT2D eigenvalue weighted by atomic mass is 35.5. The zero-order valence-corrected chi connectivity index (χ0v) is 16.1. The summed E-state index contributed by atoms with van der Waals surface area (Å²) in [6.07, 6.45) is 7.30. The van der Waals surface area contributed by atoms with Gasteiger partial charge in [0.2, 0.25) is 0 Å². The van der Waals surface area contributed by atoms with Gasteiger partial charge in [0.1, 0.15) is 0 Å². The maximum absolute atomic E-state index is 12.7. The smallest absolute Gasteiger partial charge is 0.252 e. The molecular weight excluding hydrogens is 366 g/mol. The Hall–Kier alpha value is -1.89. The Morgan fingerprint density at radius 3 is 2.67 bits per heavy atom. The van der Waals surface area contributed by atoms with E-state index < -0.39 is 5.60 Å². The quantitative estimate of drug-likeness (QED) is 0.660. The SMILES string of the molecule is O=C(NCC1(O)CCCCCC1)c1cc(-c2ccnn2CCO)ccc1Cl. The predicted octanol–water partition coefficient (Wildman–Crippen LogP) is 3.01. The van der Waals surface area contributed by atoms with Gasteiger partial charge in [0.05, 0.1) is 35.0 Å². The lowest BCUT2D eigenvalue weighted by atomic mass is 9.94. The Balaban J connectivity index is 1.75. The van der Waals surface area contributed by atoms with Crippen LogP contribution in [-0.2, 0) is 6.54 Å². The topological polar surface area (TPSA) is 87.4 Å². The average molecular weight is 392 g/mol. The highest BCUT2D eigenvalue weighted by Crippen LogP contribution is 2.28. The Morgan fingerprint density at radius 2 is 1.96 bits per heavy atom. The monoisotopic (exact) mass is 391 g/mol. The molecule has 146 valence electrons. The van der Waals surface area contributed by atoms with Crippen molar-refractivity contribution in [2.24, 2.45) is 0 Å². The number of amides is 1. The summed E-state index contributed by atoms with van der Waals surface area (Å²) in [5.74, 6) is -0.298. The van der Waals surface area contributed by atoms with Crippen LogP contribution in [0, 0.1) is 0 Å². The number of aromatic nitrogens is 2. The summed E-state index contributed by atoms with van der Waals surface area (Å²) in [7, 11) is 0. The first kappa shape index (κ1) is 19.9. The molecule has 1 heterocycles. The van der Waals surface area contributed by atoms with Crippen LogP contribution in [0.2, 0.25) is 5.02 Å². The van der Waals surface area contributed by atoms with Gasteiger partial charge in [-0.2, -0.15) is 5.10 Å². The first-order chi connectivity index (χ1) is 13.0. The molecule has 0 bridgehead atoms. The molecule has 0 atom stereocenters. The maximum Gasteiger partial charge on any atom is 0.252 e. The minimum atomic E-state index is -0.837. The highest BCUT2D eigenvalue weighted by molar-refractivity contribution is 6.34. The van der Waals surface area contributed by atoms with Crippen LogP contribution >= 0.6 is 11.6 Å². The number of hydrogen-bond acceptors (Lipinski definition) is 4. The molecule has 1 aliphatic carbocycles. The lowest BCUT2D eigenvalue weighted by Crippen LogP contribution is -2.42. The molecule has 3 rings (SSSR count). The molecule has 1 amide bonds. The first-order valence-corrected chi connectivity index (χ1v) is 9.83. The predicted molar refractivity (Wildman–Crippen MR) is 105 cm³/mol. The van der Waals surface area contributed by atoms with E-state index in [2.05, 4.69) is 10.4 Å². The number of halogens is 1. The third kappa shape index (κ3) is 4.89. The third-order valence-electron chi connectivity index (χ3n) is 5.15. The van der Waals surface area contributed by atoms with Crippen LogP contribution in [0.4, 0.5) is 0 Å². The number of rotatable bonds is 6. The molecular formula is C20H26ClN3O3. The lowest BCUT2D eigenvalue weighted by molar-refractivity contribution is 0.0246. The van der Waals surface area contributed by atoms with Crippen molar-refractivity contribution in [1.29, 1.82) is 0 Å². The van der Waals surface area contributed by atoms with Crippen LogP contribution in [0.1, 0.15) is 48.9 Å². The molecule has 1 aromatic heterocycles. The largest absolute Gasteiger partial charge is 0.394 e. The standard InChI is InChI=1S/C20H26ClN3O3/c21-17-6-5-15(18-7-10-23-24(18)11-12-25)13-16(17)19(26)22-14-20(27)8-3-1-2-4-9-20/h5-7,10,13,25,27H,1-4,8-9,11-12,14H2,(H,22,26). The fraction of sp³-hybridized carbons (Fsp3) is 0.500. The second kappa shape index (κ2) is 8.87. The number of nitrogens with one attached hydrogen (secondary N) is 1. The Kier molecular flexibility index (Phi) is 6.52. The minimum absolute atomic E-state index is 0.0196. The summed E-state index contributed by atoms with van der Waals surface area (Å²) in [6, 6.07) is 7.06. The van der Waals surface area contributed by atoms with Crippen molar-refractivity contribution in [2.75, 3.05) is 13.2 Å². The first-order valence-electron chi connectivity index (χ1n) is 9.46. The fourth-order valence-electron chi connectivity index (χ4n) is 3.61. The minimum Gasteiger partial charge on any atom is -0.394 e. The molecule has 2 aromatic rings. The van der Waals surface area contributed by atoms with Gasteiger partial charge in [-0.15, -0.1) is 0 Å². The molecule has 0 aliphatic heterocycles. The van der Waals surface area contributed by atoms with Crippen molar-refractivity contribution in [2.45, 2.75) is 50.7 Å². The van der Waals surface area contributed by atoms with Crippen LogP contribution < -0.4 is 5.32 Å². The molecule has 27 heavy (non-hydrogen) atoms. The zero-order valence-electron chi connectivity index (χ0n) is 15.3. The van der Waals surface area contributed by atoms with Crippen molar-refractivity contribution < 1.29 is 15.0 Å². The van der Waals surface area contributed by atoms with E-state index in [4.69, 9.17) is 16.7 Å². The number of nitrogens with zero attached hydrogens (tertiary/aromatic N) is 2. The van der Waals surface area contributed by atoms with Crippen LogP contribution in [-0.4, -0.2) is 44.7 Å². The molecule has 1 saturated carbocycles. The van der Waals surface area contributed by atoms with Gasteiger partial charge >= 0.3 is 0 Å². The molecule has 7 heteroatoms. The van der Waals surface area contributed by atoms with E-state index in [9.17, 15) is 9.90 Å². The van der Waals surface area contributed by atoms with Crippen molar-refractivity contribution in [3.8, 4) is 11.3 Å². The Labute approximate surface area is 164 Å². The maximum atomic E-state index is 12.7. The number of carbonyl (C=O) groups is 1. The van der Waals surface area contributed by atoms with Gasteiger partial charge in [0, 0.05) is 18.3 Å². The normalized spacial score (nSPS) is 16.7. The molecule has 3 N–H and O–H groups in total. The van der Waals surface area contributed by atoms with E-state index in [0.717, 1.165) is 36.9 Å². The molecule has 0 spiro atoms. The zero-order chi connectivity index (χ0) is 19.3. The van der Waals surface area contributed by atoms with E-state index in [1.54, 1.807) is 23.0 Å². The Morgan fingerprint density at radius 1 is 1.22 bits per heavy atom. The van der Waals surface area contributed by atoms with Crippen LogP contribution in [0.15, 0.2) is 30.5 Å². The second-order valence-corrected chi connectivity index (χ2v) is 7.59. The number of aliphatic hydroxyl groups excluding tert-OH is 1. The van der Waals surface area contributed by atoms with Crippen LogP contribution in [0.3, 0.4) is 0 Å². The van der Waals surface area contributed by atoms with Gasteiger partial charge in [-0.1, -0.05) is 43.4 Å². The van der Waals surface area contributed by atoms with E-state index >= 15 is 0 Å². The van der Waals surface area contributed by atoms with Crippen LogP contribution in [0.25, 0.3) is 11.3 Å². The third-order valence-corrected chi connectivity index (χ3v) is 5.48. The van der Waals surface area contributed by atoms with Crippen molar-refractivity contribution >= 4 is 17.5 Å². The van der Waals surface area contributed by atoms with Crippen molar-refractivity contribution in [3.63, 3.8) is 0 Å². The number of carbonyl (C=O) groups excluding carboxylic acids is 1. The molecule has 0 unspecified atom stereocenters. The van der Waals surface area contributed by atoms with E-state index in [1.807, 2.05) is 12.1 Å². The molecule has 0 saturated heterocycles. The van der Waals surface area contributed by atoms with Gasteiger partial charge < -0.3 is 15.5 Å². The molecule has 1 aromatic carbocycles. The summed E-state index contributed by atoms with van der Waals surface area (Å²) in [4.78, 5) is 12.7. The average Bonchev–Trinajstić information content (AvgIpc) is 3.01. The van der Waals surface area contributed by atoms with Gasteiger partial charge in [-0.3, -0.25) is 9.48 Å². The Bertz CT molecular complexity index is 783. The summed E-state index contributed by atoms with van der Waals surface area (Å²) in [6.45, 7) is 0.586. The van der Waals surface area contributed by atoms with E-state index in [1.165, 1.54) is 0 Å². The van der Waals surface area contributed by atoms with Crippen molar-refractivity contribution in [3.05, 3.63) is 41.0 Å². The van der Waals surface area contributed by atoms with Crippen molar-refractivity contribution in [1.82, 2.24) is 15.1 Å². The lowest BCUT2D eigenvalue weighted by Gasteiger charge is -2.27. The number of aliphatic hydroxyl groups is 2. The van der Waals surface area contributed by atoms with Gasteiger partial charge in [-0.05, 0) is 31.0 Å². The number of benzene rings is 1. The molecule has 1 fully saturated rings. The summed E-state index contributed by atoms with van der Waals surface area (Å²) < 4.78 is 1.68. The van der Waals surface area contributed by atoms with Gasteiger partial charge in [0.15, 0.2) is 0 Å². The number of hydrogen-bond donors (Lipinski definition) is 3. The summed E-state index contributed by atoms with van der Waals surface area (Å²) in [5, 5.41) is 27.3. The summed E-state index contributed by atoms with van der Waals surface area (Å²) >= 11 is 6.25. The van der Waals surface area contributed by atoms with Gasteiger partial charge in [-0.25, -0.2) is 0 Å². The molecule has 1 aliphatic rings.